The van der Waals surface area contributed by atoms with Gasteiger partial charge in [-0.25, -0.2) is 4.39 Å². The molecule has 29 heavy (non-hydrogen) atoms. The van der Waals surface area contributed by atoms with Crippen LogP contribution in [0.4, 0.5) is 10.1 Å². The van der Waals surface area contributed by atoms with Crippen molar-refractivity contribution < 1.29 is 18.8 Å². The Morgan fingerprint density at radius 2 is 1.83 bits per heavy atom. The van der Waals surface area contributed by atoms with E-state index in [9.17, 15) is 18.8 Å². The van der Waals surface area contributed by atoms with Crippen LogP contribution in [0.2, 0.25) is 0 Å². The van der Waals surface area contributed by atoms with Gasteiger partial charge >= 0.3 is 0 Å². The summed E-state index contributed by atoms with van der Waals surface area (Å²) < 4.78 is 13.1. The van der Waals surface area contributed by atoms with Crippen molar-refractivity contribution >= 4 is 23.4 Å². The molecule has 152 valence electrons. The zero-order valence-electron chi connectivity index (χ0n) is 16.5. The summed E-state index contributed by atoms with van der Waals surface area (Å²) >= 11 is 0. The Morgan fingerprint density at radius 1 is 1.10 bits per heavy atom. The average Bonchev–Trinajstić information content (AvgIpc) is 2.73. The highest BCUT2D eigenvalue weighted by Crippen LogP contribution is 2.24. The fourth-order valence-electron chi connectivity index (χ4n) is 3.58. The molecule has 1 fully saturated rings. The number of amides is 3. The molecule has 2 aromatic carbocycles. The van der Waals surface area contributed by atoms with Gasteiger partial charge in [-0.15, -0.1) is 0 Å². The van der Waals surface area contributed by atoms with Gasteiger partial charge in [0.15, 0.2) is 0 Å². The van der Waals surface area contributed by atoms with Crippen LogP contribution in [0.5, 0.6) is 0 Å². The second-order valence-corrected chi connectivity index (χ2v) is 7.16. The van der Waals surface area contributed by atoms with E-state index in [0.29, 0.717) is 36.2 Å². The van der Waals surface area contributed by atoms with Gasteiger partial charge in [-0.3, -0.25) is 14.4 Å². The lowest BCUT2D eigenvalue weighted by atomic mass is 9.96. The summed E-state index contributed by atoms with van der Waals surface area (Å²) in [6.07, 6.45) is 1.35. The van der Waals surface area contributed by atoms with Crippen LogP contribution >= 0.6 is 0 Å². The molecule has 1 saturated heterocycles. The number of halogens is 1. The van der Waals surface area contributed by atoms with E-state index in [-0.39, 0.29) is 30.2 Å². The van der Waals surface area contributed by atoms with Gasteiger partial charge in [-0.1, -0.05) is 12.1 Å². The minimum atomic E-state index is -0.400. The quantitative estimate of drug-likeness (QED) is 0.833. The van der Waals surface area contributed by atoms with Gasteiger partial charge in [0.05, 0.1) is 17.2 Å². The van der Waals surface area contributed by atoms with Crippen LogP contribution in [0.3, 0.4) is 0 Å². The summed E-state index contributed by atoms with van der Waals surface area (Å²) in [6, 6.07) is 10.7. The number of carbonyl (C=O) groups excluding carboxylic acids is 3. The van der Waals surface area contributed by atoms with Gasteiger partial charge in [0, 0.05) is 25.7 Å². The molecule has 2 aromatic rings. The summed E-state index contributed by atoms with van der Waals surface area (Å²) in [5, 5.41) is 5.45. The zero-order chi connectivity index (χ0) is 21.0. The molecule has 3 rings (SSSR count). The molecular weight excluding hydrogens is 373 g/mol. The van der Waals surface area contributed by atoms with Crippen LogP contribution in [0.15, 0.2) is 42.5 Å². The minimum absolute atomic E-state index is 0.218. The maximum Gasteiger partial charge on any atom is 0.253 e. The van der Waals surface area contributed by atoms with Crippen molar-refractivity contribution in [3.63, 3.8) is 0 Å². The van der Waals surface area contributed by atoms with Crippen LogP contribution in [0, 0.1) is 18.7 Å². The van der Waals surface area contributed by atoms with Gasteiger partial charge in [0.25, 0.3) is 11.8 Å². The molecule has 0 aromatic heterocycles. The second-order valence-electron chi connectivity index (χ2n) is 7.16. The van der Waals surface area contributed by atoms with Gasteiger partial charge in [-0.05, 0) is 55.7 Å². The van der Waals surface area contributed by atoms with Crippen molar-refractivity contribution in [2.45, 2.75) is 19.8 Å². The Morgan fingerprint density at radius 3 is 2.52 bits per heavy atom. The van der Waals surface area contributed by atoms with Crippen LogP contribution in [-0.4, -0.2) is 42.8 Å². The monoisotopic (exact) mass is 397 g/mol. The molecule has 0 radical (unpaired) electrons. The van der Waals surface area contributed by atoms with Crippen molar-refractivity contribution in [1.82, 2.24) is 10.2 Å². The summed E-state index contributed by atoms with van der Waals surface area (Å²) in [7, 11) is 1.54. The Labute approximate surface area is 169 Å². The molecule has 1 aliphatic heterocycles. The fourth-order valence-corrected chi connectivity index (χ4v) is 3.58. The number of piperidine rings is 1. The molecule has 0 bridgehead atoms. The summed E-state index contributed by atoms with van der Waals surface area (Å²) in [4.78, 5) is 39.4. The van der Waals surface area contributed by atoms with E-state index in [2.05, 4.69) is 10.6 Å². The van der Waals surface area contributed by atoms with E-state index in [1.54, 1.807) is 24.1 Å². The van der Waals surface area contributed by atoms with Gasteiger partial charge in [0.2, 0.25) is 5.91 Å². The van der Waals surface area contributed by atoms with Gasteiger partial charge in [-0.2, -0.15) is 0 Å². The Hall–Kier alpha value is -3.22. The average molecular weight is 397 g/mol. The molecule has 0 saturated carbocycles. The normalized spacial score (nSPS) is 16.2. The molecule has 0 spiro atoms. The second kappa shape index (κ2) is 8.86. The van der Waals surface area contributed by atoms with Crippen LogP contribution in [-0.2, 0) is 4.79 Å². The lowest BCUT2D eigenvalue weighted by Gasteiger charge is -2.32. The third-order valence-corrected chi connectivity index (χ3v) is 5.16. The van der Waals surface area contributed by atoms with E-state index in [1.165, 1.54) is 24.3 Å². The SMILES string of the molecule is CNC(=O)c1c(C)cccc1NC(=O)C1CCCN(C(=O)c2ccc(F)cc2)C1. The van der Waals surface area contributed by atoms with E-state index < -0.39 is 5.82 Å². The first-order valence-electron chi connectivity index (χ1n) is 9.58. The van der Waals surface area contributed by atoms with E-state index in [1.807, 2.05) is 13.0 Å². The molecule has 6 nitrogen and oxygen atoms in total. The fraction of sp³-hybridized carbons (Fsp3) is 0.318. The van der Waals surface area contributed by atoms with Crippen LogP contribution in [0.1, 0.15) is 39.1 Å². The van der Waals surface area contributed by atoms with E-state index in [0.717, 1.165) is 5.56 Å². The number of benzene rings is 2. The van der Waals surface area contributed by atoms with Crippen LogP contribution < -0.4 is 10.6 Å². The van der Waals surface area contributed by atoms with Gasteiger partial charge < -0.3 is 15.5 Å². The summed E-state index contributed by atoms with van der Waals surface area (Å²) in [5.41, 5.74) is 2.04. The number of carbonyl (C=O) groups is 3. The maximum absolute atomic E-state index is 13.1. The Balaban J connectivity index is 1.72. The third kappa shape index (κ3) is 4.62. The zero-order valence-corrected chi connectivity index (χ0v) is 16.5. The molecule has 1 unspecified atom stereocenters. The molecule has 3 amide bonds. The summed E-state index contributed by atoms with van der Waals surface area (Å²) in [6.45, 7) is 2.64. The van der Waals surface area contributed by atoms with Crippen molar-refractivity contribution in [1.29, 1.82) is 0 Å². The number of nitrogens with one attached hydrogen (secondary N) is 2. The molecule has 1 atom stereocenters. The van der Waals surface area contributed by atoms with E-state index >= 15 is 0 Å². The molecule has 7 heteroatoms. The third-order valence-electron chi connectivity index (χ3n) is 5.16. The van der Waals surface area contributed by atoms with Gasteiger partial charge in [0.1, 0.15) is 5.82 Å². The molecule has 1 heterocycles. The van der Waals surface area contributed by atoms with Crippen molar-refractivity contribution in [2.75, 3.05) is 25.5 Å². The number of nitrogens with zero attached hydrogens (tertiary/aromatic N) is 1. The lowest BCUT2D eigenvalue weighted by Crippen LogP contribution is -2.44. The number of anilines is 1. The van der Waals surface area contributed by atoms with E-state index in [4.69, 9.17) is 0 Å². The number of aryl methyl sites for hydroxylation is 1. The number of rotatable bonds is 4. The Bertz CT molecular complexity index is 927. The number of hydrogen-bond acceptors (Lipinski definition) is 3. The maximum atomic E-state index is 13.1. The number of hydrogen-bond donors (Lipinski definition) is 2. The molecular formula is C22H24FN3O3. The minimum Gasteiger partial charge on any atom is -0.355 e. The lowest BCUT2D eigenvalue weighted by molar-refractivity contribution is -0.121. The predicted octanol–water partition coefficient (Wildman–Crippen LogP) is 2.98. The first kappa shape index (κ1) is 20.5. The standard InChI is InChI=1S/C22H24FN3O3/c1-14-5-3-7-18(19(14)21(28)24-2)25-20(27)16-6-4-12-26(13-16)22(29)15-8-10-17(23)11-9-15/h3,5,7-11,16H,4,6,12-13H2,1-2H3,(H,24,28)(H,25,27). The van der Waals surface area contributed by atoms with Crippen molar-refractivity contribution in [3.8, 4) is 0 Å². The predicted molar refractivity (Wildman–Crippen MR) is 108 cm³/mol. The molecule has 1 aliphatic rings. The van der Waals surface area contributed by atoms with Crippen molar-refractivity contribution in [2.24, 2.45) is 5.92 Å². The first-order valence-corrected chi connectivity index (χ1v) is 9.58. The highest BCUT2D eigenvalue weighted by Gasteiger charge is 2.29. The first-order chi connectivity index (χ1) is 13.9. The largest absolute Gasteiger partial charge is 0.355 e. The van der Waals surface area contributed by atoms with Crippen molar-refractivity contribution in [3.05, 3.63) is 65.0 Å². The highest BCUT2D eigenvalue weighted by atomic mass is 19.1. The molecule has 2 N–H and O–H groups in total. The highest BCUT2D eigenvalue weighted by molar-refractivity contribution is 6.05. The van der Waals surface area contributed by atoms with Crippen LogP contribution in [0.25, 0.3) is 0 Å². The molecule has 0 aliphatic carbocycles. The number of likely N-dealkylation sites (tertiary alicyclic amines) is 1. The topological polar surface area (TPSA) is 78.5 Å². The smallest absolute Gasteiger partial charge is 0.253 e. The summed E-state index contributed by atoms with van der Waals surface area (Å²) in [5.74, 6) is -1.50. The Kier molecular flexibility index (Phi) is 6.26.